The van der Waals surface area contributed by atoms with Crippen molar-refractivity contribution in [1.82, 2.24) is 15.3 Å². The van der Waals surface area contributed by atoms with E-state index in [0.29, 0.717) is 0 Å². The largest absolute Gasteiger partial charge is 0.309 e. The van der Waals surface area contributed by atoms with Gasteiger partial charge < -0.3 is 5.32 Å². The number of fused-ring (bicyclic) bond motifs is 1. The third-order valence-electron chi connectivity index (χ3n) is 3.33. The Morgan fingerprint density at radius 1 is 1.00 bits per heavy atom. The molecule has 0 amide bonds. The van der Waals surface area contributed by atoms with Crippen LogP contribution in [0, 0.1) is 0 Å². The molecule has 0 saturated carbocycles. The molecule has 0 aliphatic heterocycles. The molecule has 2 aromatic carbocycles. The summed E-state index contributed by atoms with van der Waals surface area (Å²) in [5, 5.41) is 4.07. The van der Waals surface area contributed by atoms with Crippen LogP contribution in [0.15, 0.2) is 54.9 Å². The topological polar surface area (TPSA) is 37.8 Å². The predicted octanol–water partition coefficient (Wildman–Crippen LogP) is 3.59. The van der Waals surface area contributed by atoms with Crippen LogP contribution < -0.4 is 5.32 Å². The highest BCUT2D eigenvalue weighted by Crippen LogP contribution is 2.27. The molecule has 0 saturated heterocycles. The summed E-state index contributed by atoms with van der Waals surface area (Å²) in [6, 6.07) is 14.0. The first-order valence-electron chi connectivity index (χ1n) is 6.42. The number of benzene rings is 2. The molecule has 1 N–H and O–H groups in total. The van der Waals surface area contributed by atoms with Crippen LogP contribution in [-0.2, 0) is 0 Å². The zero-order chi connectivity index (χ0) is 13.9. The van der Waals surface area contributed by atoms with Crippen LogP contribution >= 0.6 is 11.6 Å². The maximum Gasteiger partial charge on any atom is 0.0937 e. The number of rotatable bonds is 3. The lowest BCUT2D eigenvalue weighted by atomic mass is 9.97. The Labute approximate surface area is 122 Å². The van der Waals surface area contributed by atoms with E-state index in [2.05, 4.69) is 21.4 Å². The molecule has 0 aliphatic rings. The van der Waals surface area contributed by atoms with Crippen molar-refractivity contribution in [2.45, 2.75) is 6.04 Å². The molecule has 100 valence electrons. The van der Waals surface area contributed by atoms with E-state index in [-0.39, 0.29) is 6.04 Å². The first-order chi connectivity index (χ1) is 9.79. The number of para-hydroxylation sites is 1. The molecule has 0 bridgehead atoms. The van der Waals surface area contributed by atoms with E-state index in [1.54, 1.807) is 12.4 Å². The summed E-state index contributed by atoms with van der Waals surface area (Å²) in [5.74, 6) is 0. The Morgan fingerprint density at radius 3 is 2.50 bits per heavy atom. The zero-order valence-electron chi connectivity index (χ0n) is 11.0. The fourth-order valence-electron chi connectivity index (χ4n) is 2.40. The van der Waals surface area contributed by atoms with E-state index in [0.717, 1.165) is 27.2 Å². The van der Waals surface area contributed by atoms with E-state index >= 15 is 0 Å². The number of nitrogens with one attached hydrogen (secondary N) is 1. The fraction of sp³-hybridized carbons (Fsp3) is 0.125. The second kappa shape index (κ2) is 5.57. The van der Waals surface area contributed by atoms with Crippen LogP contribution in [0.1, 0.15) is 17.2 Å². The normalized spacial score (nSPS) is 12.5. The van der Waals surface area contributed by atoms with Crippen LogP contribution in [0.2, 0.25) is 5.02 Å². The summed E-state index contributed by atoms with van der Waals surface area (Å²) in [6.07, 6.45) is 3.43. The van der Waals surface area contributed by atoms with Gasteiger partial charge in [-0.05, 0) is 30.8 Å². The molecule has 4 heteroatoms. The smallest absolute Gasteiger partial charge is 0.0937 e. The maximum absolute atomic E-state index is 5.96. The molecular formula is C16H14ClN3. The highest BCUT2D eigenvalue weighted by Gasteiger charge is 2.15. The minimum atomic E-state index is 0.0627. The van der Waals surface area contributed by atoms with E-state index in [1.807, 2.05) is 43.4 Å². The Bertz CT molecular complexity index is 720. The SMILES string of the molecule is CNC(c1ccc(Cl)cc1)c1cccc2nccnc12. The summed E-state index contributed by atoms with van der Waals surface area (Å²) in [5.41, 5.74) is 4.08. The van der Waals surface area contributed by atoms with Gasteiger partial charge in [-0.15, -0.1) is 0 Å². The first kappa shape index (κ1) is 13.0. The van der Waals surface area contributed by atoms with E-state index in [1.165, 1.54) is 0 Å². The Morgan fingerprint density at radius 2 is 1.75 bits per heavy atom. The lowest BCUT2D eigenvalue weighted by molar-refractivity contribution is 0.695. The van der Waals surface area contributed by atoms with Crippen molar-refractivity contribution in [2.24, 2.45) is 0 Å². The van der Waals surface area contributed by atoms with Crippen LogP contribution in [0.4, 0.5) is 0 Å². The van der Waals surface area contributed by atoms with Gasteiger partial charge in [0.2, 0.25) is 0 Å². The molecule has 0 spiro atoms. The number of aromatic nitrogens is 2. The highest BCUT2D eigenvalue weighted by atomic mass is 35.5. The van der Waals surface area contributed by atoms with Crippen molar-refractivity contribution in [3.05, 3.63) is 71.0 Å². The van der Waals surface area contributed by atoms with Crippen LogP contribution in [0.3, 0.4) is 0 Å². The van der Waals surface area contributed by atoms with Gasteiger partial charge in [0, 0.05) is 23.0 Å². The number of hydrogen-bond acceptors (Lipinski definition) is 3. The van der Waals surface area contributed by atoms with Crippen LogP contribution in [0.25, 0.3) is 11.0 Å². The number of halogens is 1. The van der Waals surface area contributed by atoms with Gasteiger partial charge in [0.1, 0.15) is 0 Å². The zero-order valence-corrected chi connectivity index (χ0v) is 11.8. The lowest BCUT2D eigenvalue weighted by Crippen LogP contribution is -2.18. The average Bonchev–Trinajstić information content (AvgIpc) is 2.50. The van der Waals surface area contributed by atoms with E-state index in [4.69, 9.17) is 11.6 Å². The molecule has 20 heavy (non-hydrogen) atoms. The summed E-state index contributed by atoms with van der Waals surface area (Å²) >= 11 is 5.96. The molecule has 0 fully saturated rings. The molecule has 3 rings (SSSR count). The van der Waals surface area contributed by atoms with E-state index < -0.39 is 0 Å². The number of nitrogens with zero attached hydrogens (tertiary/aromatic N) is 2. The molecular weight excluding hydrogens is 270 g/mol. The Balaban J connectivity index is 2.14. The quantitative estimate of drug-likeness (QED) is 0.798. The van der Waals surface area contributed by atoms with Crippen molar-refractivity contribution in [2.75, 3.05) is 7.05 Å². The molecule has 3 aromatic rings. The highest BCUT2D eigenvalue weighted by molar-refractivity contribution is 6.30. The second-order valence-electron chi connectivity index (χ2n) is 4.54. The third-order valence-corrected chi connectivity index (χ3v) is 3.58. The average molecular weight is 284 g/mol. The Kier molecular flexibility index (Phi) is 3.63. The summed E-state index contributed by atoms with van der Waals surface area (Å²) in [4.78, 5) is 8.82. The monoisotopic (exact) mass is 283 g/mol. The Hall–Kier alpha value is -1.97. The van der Waals surface area contributed by atoms with Crippen molar-refractivity contribution >= 4 is 22.6 Å². The molecule has 1 unspecified atom stereocenters. The second-order valence-corrected chi connectivity index (χ2v) is 4.98. The van der Waals surface area contributed by atoms with Gasteiger partial charge in [0.05, 0.1) is 17.1 Å². The van der Waals surface area contributed by atoms with Crippen LogP contribution in [-0.4, -0.2) is 17.0 Å². The summed E-state index contributed by atoms with van der Waals surface area (Å²) < 4.78 is 0. The van der Waals surface area contributed by atoms with Crippen molar-refractivity contribution in [1.29, 1.82) is 0 Å². The van der Waals surface area contributed by atoms with Crippen molar-refractivity contribution < 1.29 is 0 Å². The lowest BCUT2D eigenvalue weighted by Gasteiger charge is -2.18. The minimum absolute atomic E-state index is 0.0627. The minimum Gasteiger partial charge on any atom is -0.309 e. The molecule has 1 heterocycles. The first-order valence-corrected chi connectivity index (χ1v) is 6.80. The van der Waals surface area contributed by atoms with Crippen molar-refractivity contribution in [3.63, 3.8) is 0 Å². The van der Waals surface area contributed by atoms with Crippen molar-refractivity contribution in [3.8, 4) is 0 Å². The maximum atomic E-state index is 5.96. The standard InChI is InChI=1S/C16H14ClN3/c1-18-15(11-5-7-12(17)8-6-11)13-3-2-4-14-16(13)20-10-9-19-14/h2-10,15,18H,1H3. The third kappa shape index (κ3) is 2.38. The molecule has 0 radical (unpaired) electrons. The van der Waals surface area contributed by atoms with Gasteiger partial charge in [0.25, 0.3) is 0 Å². The molecule has 1 atom stereocenters. The van der Waals surface area contributed by atoms with Crippen LogP contribution in [0.5, 0.6) is 0 Å². The molecule has 0 aliphatic carbocycles. The fourth-order valence-corrected chi connectivity index (χ4v) is 2.53. The molecule has 3 nitrogen and oxygen atoms in total. The number of hydrogen-bond donors (Lipinski definition) is 1. The summed E-state index contributed by atoms with van der Waals surface area (Å²) in [6.45, 7) is 0. The van der Waals surface area contributed by atoms with Gasteiger partial charge >= 0.3 is 0 Å². The predicted molar refractivity (Wildman–Crippen MR) is 81.9 cm³/mol. The van der Waals surface area contributed by atoms with Gasteiger partial charge in [0.15, 0.2) is 0 Å². The summed E-state index contributed by atoms with van der Waals surface area (Å²) in [7, 11) is 1.94. The van der Waals surface area contributed by atoms with E-state index in [9.17, 15) is 0 Å². The van der Waals surface area contributed by atoms with Gasteiger partial charge in [-0.25, -0.2) is 0 Å². The van der Waals surface area contributed by atoms with Gasteiger partial charge in [-0.1, -0.05) is 35.9 Å². The van der Waals surface area contributed by atoms with Gasteiger partial charge in [-0.2, -0.15) is 0 Å². The van der Waals surface area contributed by atoms with Gasteiger partial charge in [-0.3, -0.25) is 9.97 Å². The molecule has 1 aromatic heterocycles.